The number of piperidine rings is 1. The molecule has 0 aromatic heterocycles. The highest BCUT2D eigenvalue weighted by Gasteiger charge is 2.43. The smallest absolute Gasteiger partial charge is 0.222 e. The number of aliphatic hydroxyl groups excluding tert-OH is 2. The third-order valence-electron chi connectivity index (χ3n) is 7.63. The summed E-state index contributed by atoms with van der Waals surface area (Å²) in [5.74, 6) is 1.29. The number of hydrogen-bond acceptors (Lipinski definition) is 3. The van der Waals surface area contributed by atoms with Crippen molar-refractivity contribution in [1.82, 2.24) is 4.90 Å². The molecule has 32 heavy (non-hydrogen) atoms. The van der Waals surface area contributed by atoms with Gasteiger partial charge in [0.2, 0.25) is 5.91 Å². The largest absolute Gasteiger partial charge is 0.392 e. The monoisotopic (exact) mass is 437 g/mol. The maximum Gasteiger partial charge on any atom is 0.222 e. The number of hydrogen-bond donors (Lipinski definition) is 2. The van der Waals surface area contributed by atoms with Crippen molar-refractivity contribution in [2.75, 3.05) is 13.1 Å². The number of allylic oxidation sites excluding steroid dienone is 2. The van der Waals surface area contributed by atoms with Crippen LogP contribution in [-0.4, -0.2) is 46.3 Å². The van der Waals surface area contributed by atoms with E-state index in [9.17, 15) is 15.0 Å². The van der Waals surface area contributed by atoms with Crippen molar-refractivity contribution in [3.8, 4) is 0 Å². The lowest BCUT2D eigenvalue weighted by molar-refractivity contribution is -0.132. The minimum absolute atomic E-state index is 0.107. The first kappa shape index (κ1) is 23.3. The van der Waals surface area contributed by atoms with E-state index in [1.807, 2.05) is 23.1 Å². The summed E-state index contributed by atoms with van der Waals surface area (Å²) in [6.07, 6.45) is 14.0. The summed E-state index contributed by atoms with van der Waals surface area (Å²) < 4.78 is 0. The molecule has 4 nitrogen and oxygen atoms in total. The zero-order chi connectivity index (χ0) is 22.5. The number of benzene rings is 1. The third-order valence-corrected chi connectivity index (χ3v) is 7.63. The lowest BCUT2D eigenvalue weighted by atomic mass is 9.88. The standard InChI is InChI=1S/C28H39NO3/c1-20-7-5-8-21(15-20)17-24(30)11-12-25-26-18-22(16-23(26)19-27(25)31)9-6-10-28(32)29-13-3-2-4-14-29/h5,7-8,11-12,15-16,23-27,30-31H,2-4,6,9-10,13-14,17-19H2,1H3/t23-,24+,25+,26-,27+/m0/s1. The Morgan fingerprint density at radius 3 is 2.84 bits per heavy atom. The molecule has 174 valence electrons. The van der Waals surface area contributed by atoms with Gasteiger partial charge in [0.05, 0.1) is 12.2 Å². The Morgan fingerprint density at radius 2 is 2.06 bits per heavy atom. The molecule has 3 aliphatic rings. The quantitative estimate of drug-likeness (QED) is 0.585. The second kappa shape index (κ2) is 10.8. The van der Waals surface area contributed by atoms with E-state index in [1.165, 1.54) is 17.6 Å². The van der Waals surface area contributed by atoms with E-state index in [4.69, 9.17) is 0 Å². The first-order chi connectivity index (χ1) is 15.5. The van der Waals surface area contributed by atoms with E-state index in [0.717, 1.165) is 57.2 Å². The fourth-order valence-corrected chi connectivity index (χ4v) is 5.96. The molecule has 1 aliphatic heterocycles. The molecule has 2 aliphatic carbocycles. The van der Waals surface area contributed by atoms with Crippen molar-refractivity contribution in [3.05, 3.63) is 59.2 Å². The van der Waals surface area contributed by atoms with Gasteiger partial charge in [0.25, 0.3) is 0 Å². The second-order valence-corrected chi connectivity index (χ2v) is 10.2. The highest BCUT2D eigenvalue weighted by Crippen LogP contribution is 2.48. The molecule has 1 saturated heterocycles. The van der Waals surface area contributed by atoms with E-state index in [2.05, 4.69) is 31.2 Å². The van der Waals surface area contributed by atoms with Crippen LogP contribution in [0, 0.1) is 24.7 Å². The SMILES string of the molecule is Cc1cccc(C[C@H](O)C=C[C@@H]2[C@H]3CC(CCCC(=O)N4CCCCC4)=C[C@H]3C[C@H]2O)c1. The summed E-state index contributed by atoms with van der Waals surface area (Å²) in [5.41, 5.74) is 3.79. The number of aryl methyl sites for hydroxylation is 1. The van der Waals surface area contributed by atoms with Crippen LogP contribution < -0.4 is 0 Å². The first-order valence-electron chi connectivity index (χ1n) is 12.6. The molecule has 1 aromatic carbocycles. The second-order valence-electron chi connectivity index (χ2n) is 10.2. The molecule has 0 spiro atoms. The van der Waals surface area contributed by atoms with Gasteiger partial charge in [-0.15, -0.1) is 0 Å². The van der Waals surface area contributed by atoms with Crippen molar-refractivity contribution >= 4 is 5.91 Å². The summed E-state index contributed by atoms with van der Waals surface area (Å²) in [4.78, 5) is 14.4. The zero-order valence-corrected chi connectivity index (χ0v) is 19.5. The van der Waals surface area contributed by atoms with Gasteiger partial charge in [0.1, 0.15) is 0 Å². The van der Waals surface area contributed by atoms with Crippen molar-refractivity contribution in [1.29, 1.82) is 0 Å². The Hall–Kier alpha value is -1.91. The Labute approximate surface area is 193 Å². The molecule has 5 atom stereocenters. The maximum absolute atomic E-state index is 12.4. The van der Waals surface area contributed by atoms with Gasteiger partial charge >= 0.3 is 0 Å². The van der Waals surface area contributed by atoms with Crippen LogP contribution in [0.2, 0.25) is 0 Å². The molecule has 0 bridgehead atoms. The van der Waals surface area contributed by atoms with Crippen LogP contribution in [0.4, 0.5) is 0 Å². The molecule has 0 unspecified atom stereocenters. The number of carbonyl (C=O) groups excluding carboxylic acids is 1. The lowest BCUT2D eigenvalue weighted by Gasteiger charge is -2.26. The van der Waals surface area contributed by atoms with Crippen LogP contribution in [0.1, 0.15) is 62.5 Å². The number of likely N-dealkylation sites (tertiary alicyclic amines) is 1. The van der Waals surface area contributed by atoms with Crippen LogP contribution in [0.15, 0.2) is 48.1 Å². The summed E-state index contributed by atoms with van der Waals surface area (Å²) in [7, 11) is 0. The van der Waals surface area contributed by atoms with Gasteiger partial charge in [-0.25, -0.2) is 0 Å². The number of nitrogens with zero attached hydrogens (tertiary/aromatic N) is 1. The van der Waals surface area contributed by atoms with E-state index in [0.29, 0.717) is 30.6 Å². The van der Waals surface area contributed by atoms with Crippen LogP contribution in [0.5, 0.6) is 0 Å². The van der Waals surface area contributed by atoms with Gasteiger partial charge in [0.15, 0.2) is 0 Å². The molecular formula is C28H39NO3. The topological polar surface area (TPSA) is 60.8 Å². The number of fused-ring (bicyclic) bond motifs is 1. The predicted octanol–water partition coefficient (Wildman–Crippen LogP) is 4.58. The highest BCUT2D eigenvalue weighted by molar-refractivity contribution is 5.76. The average Bonchev–Trinajstić information content (AvgIpc) is 3.29. The molecule has 2 N–H and O–H groups in total. The van der Waals surface area contributed by atoms with Crippen molar-refractivity contribution in [2.45, 2.75) is 76.9 Å². The van der Waals surface area contributed by atoms with Gasteiger partial charge in [-0.1, -0.05) is 53.6 Å². The van der Waals surface area contributed by atoms with Crippen LogP contribution in [-0.2, 0) is 11.2 Å². The Bertz CT molecular complexity index is 839. The molecule has 4 rings (SSSR count). The van der Waals surface area contributed by atoms with Crippen molar-refractivity contribution in [2.24, 2.45) is 17.8 Å². The minimum atomic E-state index is -0.530. The number of amides is 1. The number of carbonyl (C=O) groups is 1. The summed E-state index contributed by atoms with van der Waals surface area (Å²) in [6, 6.07) is 8.25. The van der Waals surface area contributed by atoms with Crippen LogP contribution >= 0.6 is 0 Å². The molecule has 1 aromatic rings. The highest BCUT2D eigenvalue weighted by atomic mass is 16.3. The summed E-state index contributed by atoms with van der Waals surface area (Å²) >= 11 is 0. The third kappa shape index (κ3) is 5.90. The van der Waals surface area contributed by atoms with E-state index in [1.54, 1.807) is 0 Å². The first-order valence-corrected chi connectivity index (χ1v) is 12.6. The number of aliphatic hydroxyl groups is 2. The predicted molar refractivity (Wildman–Crippen MR) is 128 cm³/mol. The normalized spacial score (nSPS) is 28.7. The van der Waals surface area contributed by atoms with Crippen molar-refractivity contribution in [3.63, 3.8) is 0 Å². The molecule has 2 fully saturated rings. The maximum atomic E-state index is 12.4. The minimum Gasteiger partial charge on any atom is -0.392 e. The molecule has 4 heteroatoms. The Morgan fingerprint density at radius 1 is 1.25 bits per heavy atom. The van der Waals surface area contributed by atoms with Gasteiger partial charge < -0.3 is 15.1 Å². The van der Waals surface area contributed by atoms with Gasteiger partial charge in [-0.2, -0.15) is 0 Å². The van der Waals surface area contributed by atoms with Crippen LogP contribution in [0.25, 0.3) is 0 Å². The Balaban J connectivity index is 1.24. The van der Waals surface area contributed by atoms with Gasteiger partial charge in [-0.05, 0) is 69.3 Å². The number of rotatable bonds is 8. The molecule has 1 amide bonds. The van der Waals surface area contributed by atoms with E-state index >= 15 is 0 Å². The van der Waals surface area contributed by atoms with E-state index in [-0.39, 0.29) is 12.0 Å². The van der Waals surface area contributed by atoms with Crippen LogP contribution in [0.3, 0.4) is 0 Å². The zero-order valence-electron chi connectivity index (χ0n) is 19.5. The molecule has 0 radical (unpaired) electrons. The summed E-state index contributed by atoms with van der Waals surface area (Å²) in [6.45, 7) is 3.94. The van der Waals surface area contributed by atoms with Gasteiger partial charge in [-0.3, -0.25) is 4.79 Å². The molecular weight excluding hydrogens is 398 g/mol. The fraction of sp³-hybridized carbons (Fsp3) is 0.607. The van der Waals surface area contributed by atoms with E-state index < -0.39 is 6.10 Å². The van der Waals surface area contributed by atoms with Gasteiger partial charge in [0, 0.05) is 31.8 Å². The summed E-state index contributed by atoms with van der Waals surface area (Å²) in [5, 5.41) is 21.1. The lowest BCUT2D eigenvalue weighted by Crippen LogP contribution is -2.35. The van der Waals surface area contributed by atoms with Crippen molar-refractivity contribution < 1.29 is 15.0 Å². The molecule has 1 saturated carbocycles. The fourth-order valence-electron chi connectivity index (χ4n) is 5.96. The molecule has 1 heterocycles. The Kier molecular flexibility index (Phi) is 7.85. The average molecular weight is 438 g/mol.